The van der Waals surface area contributed by atoms with Gasteiger partial charge in [-0.1, -0.05) is 18.2 Å². The van der Waals surface area contributed by atoms with Crippen LogP contribution in [0.15, 0.2) is 35.7 Å². The molecule has 0 aliphatic heterocycles. The largest absolute Gasteiger partial charge is 0.491 e. The van der Waals surface area contributed by atoms with E-state index in [0.717, 1.165) is 5.56 Å². The third-order valence-corrected chi connectivity index (χ3v) is 3.48. The number of benzene rings is 1. The van der Waals surface area contributed by atoms with Gasteiger partial charge in [-0.3, -0.25) is 0 Å². The molecule has 19 heavy (non-hydrogen) atoms. The maximum Gasteiger partial charge on any atom is 0.346 e. The lowest BCUT2D eigenvalue weighted by atomic mass is 10.1. The van der Waals surface area contributed by atoms with Gasteiger partial charge in [0.05, 0.1) is 6.61 Å². The highest BCUT2D eigenvalue weighted by atomic mass is 32.1. The van der Waals surface area contributed by atoms with Crippen LogP contribution < -0.4 is 4.74 Å². The van der Waals surface area contributed by atoms with Crippen LogP contribution in [0.5, 0.6) is 5.75 Å². The molecule has 0 spiro atoms. The average Bonchev–Trinajstić information content (AvgIpc) is 2.89. The summed E-state index contributed by atoms with van der Waals surface area (Å²) in [7, 11) is 1.61. The number of aromatic carboxylic acids is 1. The molecule has 1 aromatic heterocycles. The lowest BCUT2D eigenvalue weighted by Crippen LogP contribution is -2.05. The maximum absolute atomic E-state index is 11.2. The lowest BCUT2D eigenvalue weighted by molar-refractivity contribution is 0.0703. The van der Waals surface area contributed by atoms with E-state index in [-0.39, 0.29) is 0 Å². The van der Waals surface area contributed by atoms with E-state index in [2.05, 4.69) is 0 Å². The molecule has 0 fully saturated rings. The van der Waals surface area contributed by atoms with Gasteiger partial charge < -0.3 is 14.6 Å². The Balaban J connectivity index is 2.33. The van der Waals surface area contributed by atoms with Gasteiger partial charge in [-0.25, -0.2) is 4.79 Å². The molecule has 0 unspecified atom stereocenters. The number of hydrogen-bond donors (Lipinski definition) is 1. The number of para-hydroxylation sites is 1. The molecule has 1 heterocycles. The van der Waals surface area contributed by atoms with Crippen molar-refractivity contribution in [3.05, 3.63) is 40.6 Å². The molecule has 5 heteroatoms. The molecule has 0 amide bonds. The highest BCUT2D eigenvalue weighted by Crippen LogP contribution is 2.34. The zero-order chi connectivity index (χ0) is 13.7. The van der Waals surface area contributed by atoms with Crippen LogP contribution in [0.2, 0.25) is 0 Å². The van der Waals surface area contributed by atoms with E-state index >= 15 is 0 Å². The minimum atomic E-state index is -0.920. The van der Waals surface area contributed by atoms with Crippen molar-refractivity contribution in [1.29, 1.82) is 0 Å². The molecule has 2 rings (SSSR count). The van der Waals surface area contributed by atoms with Gasteiger partial charge in [-0.05, 0) is 17.5 Å². The molecule has 0 radical (unpaired) electrons. The van der Waals surface area contributed by atoms with Crippen molar-refractivity contribution >= 4 is 17.3 Å². The molecule has 0 atom stereocenters. The Morgan fingerprint density at radius 2 is 2.00 bits per heavy atom. The Hall–Kier alpha value is -1.85. The van der Waals surface area contributed by atoms with Crippen molar-refractivity contribution in [3.63, 3.8) is 0 Å². The van der Waals surface area contributed by atoms with Gasteiger partial charge in [0.25, 0.3) is 0 Å². The van der Waals surface area contributed by atoms with Crippen molar-refractivity contribution in [1.82, 2.24) is 0 Å². The molecule has 0 aliphatic carbocycles. The number of carbonyl (C=O) groups is 1. The van der Waals surface area contributed by atoms with E-state index in [1.54, 1.807) is 18.6 Å². The van der Waals surface area contributed by atoms with E-state index in [1.165, 1.54) is 11.3 Å². The zero-order valence-corrected chi connectivity index (χ0v) is 11.3. The second-order valence-electron chi connectivity index (χ2n) is 3.81. The predicted molar refractivity (Wildman–Crippen MR) is 74.1 cm³/mol. The first-order valence-electron chi connectivity index (χ1n) is 5.76. The van der Waals surface area contributed by atoms with Gasteiger partial charge in [0.2, 0.25) is 0 Å². The summed E-state index contributed by atoms with van der Waals surface area (Å²) in [6.45, 7) is 0.920. The monoisotopic (exact) mass is 278 g/mol. The number of thiophene rings is 1. The number of rotatable bonds is 6. The van der Waals surface area contributed by atoms with Gasteiger partial charge in [0.15, 0.2) is 0 Å². The summed E-state index contributed by atoms with van der Waals surface area (Å²) in [4.78, 5) is 11.5. The standard InChI is InChI=1S/C14H14O4S/c1-17-7-8-18-12-5-3-2-4-10(12)11-6-9-19-13(11)14(15)16/h2-6,9H,7-8H2,1H3,(H,15,16). The van der Waals surface area contributed by atoms with Crippen molar-refractivity contribution in [2.24, 2.45) is 0 Å². The maximum atomic E-state index is 11.2. The second-order valence-corrected chi connectivity index (χ2v) is 4.72. The van der Waals surface area contributed by atoms with Gasteiger partial charge in [-0.15, -0.1) is 11.3 Å². The summed E-state index contributed by atoms with van der Waals surface area (Å²) < 4.78 is 10.6. The summed E-state index contributed by atoms with van der Waals surface area (Å²) >= 11 is 1.21. The summed E-state index contributed by atoms with van der Waals surface area (Å²) in [6, 6.07) is 9.21. The number of ether oxygens (including phenoxy) is 2. The fourth-order valence-electron chi connectivity index (χ4n) is 1.74. The van der Waals surface area contributed by atoms with Crippen LogP contribution in [-0.2, 0) is 4.74 Å². The molecule has 0 saturated heterocycles. The molecule has 0 aliphatic rings. The van der Waals surface area contributed by atoms with Crippen molar-refractivity contribution in [2.75, 3.05) is 20.3 Å². The van der Waals surface area contributed by atoms with Gasteiger partial charge >= 0.3 is 5.97 Å². The van der Waals surface area contributed by atoms with Crippen molar-refractivity contribution in [2.45, 2.75) is 0 Å². The number of carboxylic acid groups (broad SMARTS) is 1. The Bertz CT molecular complexity index is 562. The van der Waals surface area contributed by atoms with Gasteiger partial charge in [-0.2, -0.15) is 0 Å². The molecule has 1 N–H and O–H groups in total. The van der Waals surface area contributed by atoms with Crippen LogP contribution in [0.25, 0.3) is 11.1 Å². The minimum absolute atomic E-state index is 0.322. The van der Waals surface area contributed by atoms with Crippen LogP contribution in [0.4, 0.5) is 0 Å². The summed E-state index contributed by atoms with van der Waals surface area (Å²) in [6.07, 6.45) is 0. The second kappa shape index (κ2) is 6.36. The number of methoxy groups -OCH3 is 1. The van der Waals surface area contributed by atoms with Crippen LogP contribution in [0.1, 0.15) is 9.67 Å². The normalized spacial score (nSPS) is 10.4. The third kappa shape index (κ3) is 3.13. The van der Waals surface area contributed by atoms with Gasteiger partial charge in [0, 0.05) is 18.2 Å². The molecule has 4 nitrogen and oxygen atoms in total. The molecule has 100 valence electrons. The number of hydrogen-bond acceptors (Lipinski definition) is 4. The summed E-state index contributed by atoms with van der Waals surface area (Å²) in [5.74, 6) is -0.253. The minimum Gasteiger partial charge on any atom is -0.491 e. The summed E-state index contributed by atoms with van der Waals surface area (Å²) in [5.41, 5.74) is 1.47. The molecule has 1 aromatic carbocycles. The molecule has 2 aromatic rings. The van der Waals surface area contributed by atoms with E-state index < -0.39 is 5.97 Å². The Morgan fingerprint density at radius 1 is 1.21 bits per heavy atom. The first kappa shape index (κ1) is 13.6. The molecule has 0 saturated carbocycles. The van der Waals surface area contributed by atoms with Crippen LogP contribution in [0.3, 0.4) is 0 Å². The fraction of sp³-hybridized carbons (Fsp3) is 0.214. The lowest BCUT2D eigenvalue weighted by Gasteiger charge is -2.10. The molecular formula is C14H14O4S. The van der Waals surface area contributed by atoms with E-state index in [0.29, 0.717) is 29.4 Å². The summed E-state index contributed by atoms with van der Waals surface area (Å²) in [5, 5.41) is 10.9. The van der Waals surface area contributed by atoms with Crippen LogP contribution in [-0.4, -0.2) is 31.4 Å². The fourth-order valence-corrected chi connectivity index (χ4v) is 2.48. The zero-order valence-electron chi connectivity index (χ0n) is 10.5. The predicted octanol–water partition coefficient (Wildman–Crippen LogP) is 3.14. The van der Waals surface area contributed by atoms with E-state index in [4.69, 9.17) is 9.47 Å². The van der Waals surface area contributed by atoms with E-state index in [9.17, 15) is 9.90 Å². The van der Waals surface area contributed by atoms with Gasteiger partial charge in [0.1, 0.15) is 17.2 Å². The van der Waals surface area contributed by atoms with Crippen LogP contribution in [0, 0.1) is 0 Å². The highest BCUT2D eigenvalue weighted by molar-refractivity contribution is 7.12. The number of carboxylic acids is 1. The van der Waals surface area contributed by atoms with Crippen LogP contribution >= 0.6 is 11.3 Å². The topological polar surface area (TPSA) is 55.8 Å². The Kier molecular flexibility index (Phi) is 4.54. The first-order chi connectivity index (χ1) is 9.24. The first-order valence-corrected chi connectivity index (χ1v) is 6.64. The highest BCUT2D eigenvalue weighted by Gasteiger charge is 2.16. The van der Waals surface area contributed by atoms with E-state index in [1.807, 2.05) is 24.3 Å². The molecule has 0 bridgehead atoms. The quantitative estimate of drug-likeness (QED) is 0.825. The Morgan fingerprint density at radius 3 is 2.74 bits per heavy atom. The molecular weight excluding hydrogens is 264 g/mol. The third-order valence-electron chi connectivity index (χ3n) is 2.58. The smallest absolute Gasteiger partial charge is 0.346 e. The van der Waals surface area contributed by atoms with Crippen molar-refractivity contribution < 1.29 is 19.4 Å². The SMILES string of the molecule is COCCOc1ccccc1-c1ccsc1C(=O)O. The average molecular weight is 278 g/mol. The Labute approximate surface area is 115 Å². The van der Waals surface area contributed by atoms with Crippen molar-refractivity contribution in [3.8, 4) is 16.9 Å².